The van der Waals surface area contributed by atoms with Crippen LogP contribution in [0.4, 0.5) is 0 Å². The van der Waals surface area contributed by atoms with Crippen molar-refractivity contribution in [3.05, 3.63) is 63.9 Å². The van der Waals surface area contributed by atoms with Crippen LogP contribution in [0.15, 0.2) is 42.6 Å². The van der Waals surface area contributed by atoms with E-state index >= 15 is 0 Å². The molecule has 0 unspecified atom stereocenters. The third kappa shape index (κ3) is 5.50. The Bertz CT molecular complexity index is 650. The Labute approximate surface area is 146 Å². The van der Waals surface area contributed by atoms with Crippen molar-refractivity contribution in [2.75, 3.05) is 13.7 Å². The quantitative estimate of drug-likeness (QED) is 0.757. The van der Waals surface area contributed by atoms with E-state index in [1.807, 2.05) is 24.3 Å². The van der Waals surface area contributed by atoms with Gasteiger partial charge in [-0.05, 0) is 29.8 Å². The summed E-state index contributed by atoms with van der Waals surface area (Å²) in [4.78, 5) is 18.4. The van der Waals surface area contributed by atoms with Gasteiger partial charge in [0.2, 0.25) is 5.91 Å². The van der Waals surface area contributed by atoms with E-state index in [4.69, 9.17) is 27.9 Å². The summed E-state index contributed by atoms with van der Waals surface area (Å²) in [7, 11) is 1.58. The summed E-state index contributed by atoms with van der Waals surface area (Å²) in [5, 5.41) is 0.976. The molecule has 0 atom stereocenters. The van der Waals surface area contributed by atoms with Gasteiger partial charge in [-0.15, -0.1) is 0 Å². The number of carbonyl (C=O) groups excluding carboxylic acids is 1. The van der Waals surface area contributed by atoms with Crippen LogP contribution >= 0.6 is 23.2 Å². The zero-order chi connectivity index (χ0) is 16.7. The van der Waals surface area contributed by atoms with Gasteiger partial charge in [0.25, 0.3) is 0 Å². The molecule has 0 aliphatic carbocycles. The Kier molecular flexibility index (Phi) is 6.84. The third-order valence-corrected chi connectivity index (χ3v) is 4.05. The molecular formula is C17H18Cl2N2O2. The lowest BCUT2D eigenvalue weighted by atomic mass is 10.2. The first-order chi connectivity index (χ1) is 11.1. The Hall–Kier alpha value is -1.62. The number of rotatable bonds is 7. The zero-order valence-electron chi connectivity index (χ0n) is 12.8. The van der Waals surface area contributed by atoms with Crippen molar-refractivity contribution in [1.29, 1.82) is 0 Å². The maximum atomic E-state index is 12.4. The first-order valence-corrected chi connectivity index (χ1v) is 7.96. The second kappa shape index (κ2) is 8.87. The fourth-order valence-corrected chi connectivity index (χ4v) is 2.45. The molecule has 2 aromatic rings. The fraction of sp³-hybridized carbons (Fsp3) is 0.294. The number of aromatic nitrogens is 1. The Balaban J connectivity index is 2.14. The van der Waals surface area contributed by atoms with Crippen LogP contribution in [0.25, 0.3) is 0 Å². The van der Waals surface area contributed by atoms with Crippen LogP contribution in [0.3, 0.4) is 0 Å². The normalized spacial score (nSPS) is 10.6. The van der Waals surface area contributed by atoms with Gasteiger partial charge in [-0.2, -0.15) is 0 Å². The molecule has 0 spiro atoms. The van der Waals surface area contributed by atoms with Gasteiger partial charge in [0.15, 0.2) is 0 Å². The highest BCUT2D eigenvalue weighted by Crippen LogP contribution is 2.23. The van der Waals surface area contributed by atoms with Gasteiger partial charge in [-0.1, -0.05) is 35.3 Å². The molecule has 1 aromatic heterocycles. The summed E-state index contributed by atoms with van der Waals surface area (Å²) in [6.45, 7) is 1.26. The summed E-state index contributed by atoms with van der Waals surface area (Å²) in [5.74, 6) is 0.00331. The second-order valence-corrected chi connectivity index (χ2v) is 5.88. The minimum absolute atomic E-state index is 0.00331. The molecule has 2 rings (SSSR count). The van der Waals surface area contributed by atoms with E-state index in [0.29, 0.717) is 36.2 Å². The molecule has 0 bridgehead atoms. The minimum atomic E-state index is 0.00331. The number of amides is 1. The standard InChI is InChI=1S/C17H18Cl2N2O2/c1-23-9-7-17(22)21(12-14-4-2-3-8-20-14)11-13-5-6-15(18)16(19)10-13/h2-6,8,10H,7,9,11-12H2,1H3. The van der Waals surface area contributed by atoms with Gasteiger partial charge in [-0.3, -0.25) is 9.78 Å². The lowest BCUT2D eigenvalue weighted by Gasteiger charge is -2.23. The molecule has 4 nitrogen and oxygen atoms in total. The molecule has 0 aliphatic heterocycles. The highest BCUT2D eigenvalue weighted by atomic mass is 35.5. The van der Waals surface area contributed by atoms with Gasteiger partial charge in [0, 0.05) is 19.9 Å². The van der Waals surface area contributed by atoms with Crippen molar-refractivity contribution < 1.29 is 9.53 Å². The lowest BCUT2D eigenvalue weighted by molar-refractivity contribution is -0.133. The minimum Gasteiger partial charge on any atom is -0.384 e. The molecule has 0 N–H and O–H groups in total. The number of methoxy groups -OCH3 is 1. The molecule has 0 aliphatic rings. The zero-order valence-corrected chi connectivity index (χ0v) is 14.3. The van der Waals surface area contributed by atoms with Crippen molar-refractivity contribution in [2.24, 2.45) is 0 Å². The molecule has 6 heteroatoms. The molecule has 0 saturated heterocycles. The van der Waals surface area contributed by atoms with E-state index in [9.17, 15) is 4.79 Å². The van der Waals surface area contributed by atoms with Crippen molar-refractivity contribution in [2.45, 2.75) is 19.5 Å². The van der Waals surface area contributed by atoms with Crippen molar-refractivity contribution in [3.8, 4) is 0 Å². The monoisotopic (exact) mass is 352 g/mol. The van der Waals surface area contributed by atoms with Crippen LogP contribution in [-0.4, -0.2) is 29.5 Å². The number of hydrogen-bond acceptors (Lipinski definition) is 3. The van der Waals surface area contributed by atoms with Gasteiger partial charge < -0.3 is 9.64 Å². The lowest BCUT2D eigenvalue weighted by Crippen LogP contribution is -2.31. The number of pyridine rings is 1. The van der Waals surface area contributed by atoms with E-state index in [1.165, 1.54) is 0 Å². The van der Waals surface area contributed by atoms with Crippen molar-refractivity contribution >= 4 is 29.1 Å². The second-order valence-electron chi connectivity index (χ2n) is 5.06. The number of benzene rings is 1. The van der Waals surface area contributed by atoms with Gasteiger partial charge in [0.05, 0.1) is 35.3 Å². The largest absolute Gasteiger partial charge is 0.384 e. The molecule has 1 heterocycles. The van der Waals surface area contributed by atoms with E-state index in [1.54, 1.807) is 30.3 Å². The SMILES string of the molecule is COCCC(=O)N(Cc1ccc(Cl)c(Cl)c1)Cc1ccccn1. The number of hydrogen-bond donors (Lipinski definition) is 0. The summed E-state index contributed by atoms with van der Waals surface area (Å²) in [5.41, 5.74) is 1.75. The van der Waals surface area contributed by atoms with E-state index in [0.717, 1.165) is 11.3 Å². The van der Waals surface area contributed by atoms with Gasteiger partial charge in [0.1, 0.15) is 0 Å². The number of ether oxygens (including phenoxy) is 1. The Morgan fingerprint density at radius 1 is 1.17 bits per heavy atom. The van der Waals surface area contributed by atoms with Crippen LogP contribution in [-0.2, 0) is 22.6 Å². The molecule has 0 saturated carbocycles. The molecule has 1 aromatic carbocycles. The predicted octanol–water partition coefficient (Wildman–Crippen LogP) is 3.95. The number of halogens is 2. The molecule has 23 heavy (non-hydrogen) atoms. The van der Waals surface area contributed by atoms with E-state index < -0.39 is 0 Å². The highest BCUT2D eigenvalue weighted by molar-refractivity contribution is 6.42. The van der Waals surface area contributed by atoms with Crippen molar-refractivity contribution in [3.63, 3.8) is 0 Å². The molecular weight excluding hydrogens is 335 g/mol. The molecule has 1 amide bonds. The van der Waals surface area contributed by atoms with E-state index in [-0.39, 0.29) is 5.91 Å². The van der Waals surface area contributed by atoms with Crippen LogP contribution < -0.4 is 0 Å². The van der Waals surface area contributed by atoms with Gasteiger partial charge >= 0.3 is 0 Å². The molecule has 0 radical (unpaired) electrons. The van der Waals surface area contributed by atoms with Gasteiger partial charge in [-0.25, -0.2) is 0 Å². The fourth-order valence-electron chi connectivity index (χ4n) is 2.13. The predicted molar refractivity (Wildman–Crippen MR) is 91.4 cm³/mol. The topological polar surface area (TPSA) is 42.4 Å². The number of nitrogens with zero attached hydrogens (tertiary/aromatic N) is 2. The average molecular weight is 353 g/mol. The van der Waals surface area contributed by atoms with Crippen LogP contribution in [0.1, 0.15) is 17.7 Å². The molecule has 122 valence electrons. The highest BCUT2D eigenvalue weighted by Gasteiger charge is 2.15. The Morgan fingerprint density at radius 2 is 2.00 bits per heavy atom. The van der Waals surface area contributed by atoms with Crippen LogP contribution in [0.5, 0.6) is 0 Å². The van der Waals surface area contributed by atoms with Crippen molar-refractivity contribution in [1.82, 2.24) is 9.88 Å². The van der Waals surface area contributed by atoms with Crippen LogP contribution in [0, 0.1) is 0 Å². The summed E-state index contributed by atoms with van der Waals surface area (Å²) >= 11 is 12.0. The first-order valence-electron chi connectivity index (χ1n) is 7.20. The smallest absolute Gasteiger partial charge is 0.225 e. The average Bonchev–Trinajstić information content (AvgIpc) is 2.56. The third-order valence-electron chi connectivity index (χ3n) is 3.31. The molecule has 0 fully saturated rings. The first kappa shape index (κ1) is 17.7. The Morgan fingerprint density at radius 3 is 2.65 bits per heavy atom. The maximum absolute atomic E-state index is 12.4. The summed E-state index contributed by atoms with van der Waals surface area (Å²) in [6, 6.07) is 11.0. The maximum Gasteiger partial charge on any atom is 0.225 e. The summed E-state index contributed by atoms with van der Waals surface area (Å²) < 4.78 is 5.00. The van der Waals surface area contributed by atoms with Crippen LogP contribution in [0.2, 0.25) is 10.0 Å². The number of carbonyl (C=O) groups is 1. The summed E-state index contributed by atoms with van der Waals surface area (Å²) in [6.07, 6.45) is 2.04. The van der Waals surface area contributed by atoms with E-state index in [2.05, 4.69) is 4.98 Å².